The van der Waals surface area contributed by atoms with Gasteiger partial charge in [-0.3, -0.25) is 4.79 Å². The van der Waals surface area contributed by atoms with Gasteiger partial charge in [-0.2, -0.15) is 0 Å². The highest BCUT2D eigenvalue weighted by Crippen LogP contribution is 2.19. The third kappa shape index (κ3) is 2.33. The smallest absolute Gasteiger partial charge is 0.229 e. The summed E-state index contributed by atoms with van der Waals surface area (Å²) in [6, 6.07) is 7.72. The van der Waals surface area contributed by atoms with Crippen molar-refractivity contribution in [1.29, 1.82) is 0 Å². The van der Waals surface area contributed by atoms with Crippen molar-refractivity contribution in [1.82, 2.24) is 10.1 Å². The van der Waals surface area contributed by atoms with Crippen molar-refractivity contribution in [3.8, 4) is 0 Å². The zero-order valence-electron chi connectivity index (χ0n) is 10.8. The first-order valence-electron chi connectivity index (χ1n) is 6.46. The molecular formula is C14H16N2O3. The highest BCUT2D eigenvalue weighted by molar-refractivity contribution is 5.86. The summed E-state index contributed by atoms with van der Waals surface area (Å²) in [6.07, 6.45) is 0.279. The number of amides is 1. The topological polar surface area (TPSA) is 55.6 Å². The molecule has 1 saturated heterocycles. The maximum atomic E-state index is 12.3. The predicted molar refractivity (Wildman–Crippen MR) is 69.7 cm³/mol. The average molecular weight is 260 g/mol. The number of carbonyl (C=O) groups excluding carboxylic acids is 1. The summed E-state index contributed by atoms with van der Waals surface area (Å²) in [6.45, 7) is 3.86. The summed E-state index contributed by atoms with van der Waals surface area (Å²) < 4.78 is 10.6. The first-order valence-corrected chi connectivity index (χ1v) is 6.46. The van der Waals surface area contributed by atoms with Crippen molar-refractivity contribution in [2.24, 2.45) is 0 Å². The molecule has 0 aliphatic carbocycles. The van der Waals surface area contributed by atoms with Gasteiger partial charge >= 0.3 is 0 Å². The molecule has 19 heavy (non-hydrogen) atoms. The Bertz CT molecular complexity index is 593. The molecule has 0 N–H and O–H groups in total. The third-order valence-electron chi connectivity index (χ3n) is 3.46. The standard InChI is InChI=1S/C14H16N2O3/c1-10-9-18-7-6-16(10)14(17)8-12-11-4-2-3-5-13(11)19-15-12/h2-5,10H,6-9H2,1H3/t10-/m1/s1. The summed E-state index contributed by atoms with van der Waals surface area (Å²) >= 11 is 0. The summed E-state index contributed by atoms with van der Waals surface area (Å²) in [7, 11) is 0. The van der Waals surface area contributed by atoms with Crippen molar-refractivity contribution >= 4 is 16.9 Å². The first kappa shape index (κ1) is 12.2. The lowest BCUT2D eigenvalue weighted by atomic mass is 10.1. The second kappa shape index (κ2) is 5.01. The van der Waals surface area contributed by atoms with Gasteiger partial charge in [0, 0.05) is 11.9 Å². The van der Waals surface area contributed by atoms with Gasteiger partial charge < -0.3 is 14.2 Å². The van der Waals surface area contributed by atoms with Crippen LogP contribution in [-0.4, -0.2) is 41.8 Å². The van der Waals surface area contributed by atoms with E-state index < -0.39 is 0 Å². The maximum absolute atomic E-state index is 12.3. The highest BCUT2D eigenvalue weighted by Gasteiger charge is 2.25. The number of carbonyl (C=O) groups is 1. The van der Waals surface area contributed by atoms with E-state index in [-0.39, 0.29) is 18.4 Å². The van der Waals surface area contributed by atoms with E-state index in [2.05, 4.69) is 5.16 Å². The quantitative estimate of drug-likeness (QED) is 0.823. The fourth-order valence-electron chi connectivity index (χ4n) is 2.41. The van der Waals surface area contributed by atoms with Crippen LogP contribution in [0.5, 0.6) is 0 Å². The molecule has 2 heterocycles. The predicted octanol–water partition coefficient (Wildman–Crippen LogP) is 1.62. The number of benzene rings is 1. The van der Waals surface area contributed by atoms with Gasteiger partial charge in [0.2, 0.25) is 5.91 Å². The van der Waals surface area contributed by atoms with Crippen LogP contribution in [0.15, 0.2) is 28.8 Å². The van der Waals surface area contributed by atoms with Crippen molar-refractivity contribution in [3.63, 3.8) is 0 Å². The van der Waals surface area contributed by atoms with Gasteiger partial charge in [-0.15, -0.1) is 0 Å². The van der Waals surface area contributed by atoms with Gasteiger partial charge in [0.1, 0.15) is 5.69 Å². The number of morpholine rings is 1. The van der Waals surface area contributed by atoms with Crippen molar-refractivity contribution in [2.75, 3.05) is 19.8 Å². The molecule has 0 spiro atoms. The molecule has 1 atom stereocenters. The summed E-state index contributed by atoms with van der Waals surface area (Å²) in [5, 5.41) is 4.92. The molecule has 0 radical (unpaired) electrons. The Hall–Kier alpha value is -1.88. The SMILES string of the molecule is C[C@@H]1COCCN1C(=O)Cc1noc2ccccc12. The largest absolute Gasteiger partial charge is 0.377 e. The molecule has 0 unspecified atom stereocenters. The number of ether oxygens (including phenoxy) is 1. The zero-order valence-corrected chi connectivity index (χ0v) is 10.8. The van der Waals surface area contributed by atoms with Crippen LogP contribution in [-0.2, 0) is 16.0 Å². The van der Waals surface area contributed by atoms with Crippen LogP contribution in [0.3, 0.4) is 0 Å². The fourth-order valence-corrected chi connectivity index (χ4v) is 2.41. The van der Waals surface area contributed by atoms with E-state index in [1.807, 2.05) is 36.1 Å². The Kier molecular flexibility index (Phi) is 3.21. The van der Waals surface area contributed by atoms with Crippen LogP contribution in [0.25, 0.3) is 11.0 Å². The lowest BCUT2D eigenvalue weighted by molar-refractivity contribution is -0.138. The lowest BCUT2D eigenvalue weighted by Gasteiger charge is -2.33. The molecule has 1 fully saturated rings. The maximum Gasteiger partial charge on any atom is 0.229 e. The van der Waals surface area contributed by atoms with E-state index in [1.54, 1.807) is 0 Å². The van der Waals surface area contributed by atoms with Gasteiger partial charge in [0.25, 0.3) is 0 Å². The first-order chi connectivity index (χ1) is 9.25. The van der Waals surface area contributed by atoms with Crippen molar-refractivity contribution in [3.05, 3.63) is 30.0 Å². The van der Waals surface area contributed by atoms with E-state index in [4.69, 9.17) is 9.26 Å². The zero-order chi connectivity index (χ0) is 13.2. The van der Waals surface area contributed by atoms with Crippen LogP contribution >= 0.6 is 0 Å². The Morgan fingerprint density at radius 3 is 3.16 bits per heavy atom. The van der Waals surface area contributed by atoms with Gasteiger partial charge in [-0.1, -0.05) is 17.3 Å². The van der Waals surface area contributed by atoms with Crippen LogP contribution in [0.1, 0.15) is 12.6 Å². The van der Waals surface area contributed by atoms with Gasteiger partial charge in [-0.05, 0) is 19.1 Å². The normalized spacial score (nSPS) is 19.8. The van der Waals surface area contributed by atoms with E-state index in [0.29, 0.717) is 25.5 Å². The van der Waals surface area contributed by atoms with Gasteiger partial charge in [0.05, 0.1) is 25.7 Å². The molecule has 1 aliphatic rings. The molecule has 100 valence electrons. The molecule has 1 aromatic heterocycles. The van der Waals surface area contributed by atoms with Crippen LogP contribution < -0.4 is 0 Å². The molecular weight excluding hydrogens is 244 g/mol. The Morgan fingerprint density at radius 2 is 2.32 bits per heavy atom. The fraction of sp³-hybridized carbons (Fsp3) is 0.429. The van der Waals surface area contributed by atoms with E-state index >= 15 is 0 Å². The minimum absolute atomic E-state index is 0.0786. The molecule has 1 amide bonds. The number of rotatable bonds is 2. The summed E-state index contributed by atoms with van der Waals surface area (Å²) in [5.41, 5.74) is 1.43. The number of hydrogen-bond donors (Lipinski definition) is 0. The second-order valence-corrected chi connectivity index (χ2v) is 4.81. The van der Waals surface area contributed by atoms with Gasteiger partial charge in [0.15, 0.2) is 5.58 Å². The van der Waals surface area contributed by atoms with E-state index in [1.165, 1.54) is 0 Å². The molecule has 1 aromatic carbocycles. The summed E-state index contributed by atoms with van der Waals surface area (Å²) in [5.74, 6) is 0.0786. The minimum atomic E-state index is 0.0786. The molecule has 5 heteroatoms. The molecule has 3 rings (SSSR count). The highest BCUT2D eigenvalue weighted by atomic mass is 16.5. The van der Waals surface area contributed by atoms with E-state index in [9.17, 15) is 4.79 Å². The number of nitrogens with zero attached hydrogens (tertiary/aromatic N) is 2. The van der Waals surface area contributed by atoms with Crippen molar-refractivity contribution < 1.29 is 14.1 Å². The number of fused-ring (bicyclic) bond motifs is 1. The van der Waals surface area contributed by atoms with Crippen LogP contribution in [0.2, 0.25) is 0 Å². The number of hydrogen-bond acceptors (Lipinski definition) is 4. The number of aromatic nitrogens is 1. The van der Waals surface area contributed by atoms with Crippen LogP contribution in [0, 0.1) is 0 Å². The lowest BCUT2D eigenvalue weighted by Crippen LogP contribution is -2.47. The molecule has 5 nitrogen and oxygen atoms in total. The summed E-state index contributed by atoms with van der Waals surface area (Å²) in [4.78, 5) is 14.2. The molecule has 0 saturated carbocycles. The van der Waals surface area contributed by atoms with E-state index in [0.717, 1.165) is 11.0 Å². The Balaban J connectivity index is 1.79. The Morgan fingerprint density at radius 1 is 1.47 bits per heavy atom. The molecule has 0 bridgehead atoms. The monoisotopic (exact) mass is 260 g/mol. The third-order valence-corrected chi connectivity index (χ3v) is 3.46. The van der Waals surface area contributed by atoms with Crippen LogP contribution in [0.4, 0.5) is 0 Å². The number of para-hydroxylation sites is 1. The molecule has 1 aliphatic heterocycles. The van der Waals surface area contributed by atoms with Gasteiger partial charge in [-0.25, -0.2) is 0 Å². The Labute approximate surface area is 111 Å². The average Bonchev–Trinajstić information content (AvgIpc) is 2.83. The molecule has 2 aromatic rings. The van der Waals surface area contributed by atoms with Crippen molar-refractivity contribution in [2.45, 2.75) is 19.4 Å². The minimum Gasteiger partial charge on any atom is -0.377 e. The second-order valence-electron chi connectivity index (χ2n) is 4.81.